The SMILES string of the molecule is C1=CCCC(c2cc(-c3ccccc3)nc(-c3cccc(-n4c5cc6ccccc6cc5c5ccc6c(c54)Oc4ccccc4O6)c3)n2)=C1. The molecule has 2 aliphatic rings. The summed E-state index contributed by atoms with van der Waals surface area (Å²) in [6, 6.07) is 46.0. The predicted octanol–water partition coefficient (Wildman–Crippen LogP) is 11.7. The van der Waals surface area contributed by atoms with Crippen LogP contribution >= 0.6 is 0 Å². The van der Waals surface area contributed by atoms with E-state index in [2.05, 4.69) is 120 Å². The van der Waals surface area contributed by atoms with Crippen molar-refractivity contribution in [3.05, 3.63) is 157 Å². The predicted molar refractivity (Wildman–Crippen MR) is 198 cm³/mol. The molecule has 10 rings (SSSR count). The first-order valence-corrected chi connectivity index (χ1v) is 16.6. The zero-order valence-corrected chi connectivity index (χ0v) is 26.5. The molecule has 0 unspecified atom stereocenters. The number of allylic oxidation sites excluding steroid dienone is 4. The van der Waals surface area contributed by atoms with E-state index in [9.17, 15) is 0 Å². The molecule has 49 heavy (non-hydrogen) atoms. The van der Waals surface area contributed by atoms with Crippen LogP contribution in [0.25, 0.3) is 66.5 Å². The molecular weight excluding hydrogens is 603 g/mol. The molecular formula is C44H29N3O2. The molecule has 0 N–H and O–H groups in total. The maximum Gasteiger partial charge on any atom is 0.194 e. The third-order valence-corrected chi connectivity index (χ3v) is 9.50. The third kappa shape index (κ3) is 4.62. The number of fused-ring (bicyclic) bond motifs is 7. The molecule has 0 saturated carbocycles. The van der Waals surface area contributed by atoms with Crippen LogP contribution in [0.4, 0.5) is 0 Å². The first kappa shape index (κ1) is 27.6. The van der Waals surface area contributed by atoms with E-state index in [0.717, 1.165) is 62.8 Å². The first-order valence-electron chi connectivity index (χ1n) is 16.6. The fourth-order valence-corrected chi connectivity index (χ4v) is 7.13. The Kier molecular flexibility index (Phi) is 6.24. The molecule has 0 fully saturated rings. The zero-order valence-electron chi connectivity index (χ0n) is 26.5. The van der Waals surface area contributed by atoms with Gasteiger partial charge in [0.05, 0.1) is 16.9 Å². The van der Waals surface area contributed by atoms with Gasteiger partial charge in [-0.15, -0.1) is 0 Å². The molecule has 0 amide bonds. The van der Waals surface area contributed by atoms with Gasteiger partial charge in [0.25, 0.3) is 0 Å². The molecule has 2 aromatic heterocycles. The number of hydrogen-bond donors (Lipinski definition) is 0. The van der Waals surface area contributed by atoms with E-state index < -0.39 is 0 Å². The maximum absolute atomic E-state index is 6.66. The summed E-state index contributed by atoms with van der Waals surface area (Å²) < 4.78 is 15.4. The minimum Gasteiger partial charge on any atom is -0.449 e. The molecule has 8 aromatic rings. The van der Waals surface area contributed by atoms with Crippen LogP contribution in [0.15, 0.2) is 152 Å². The summed E-state index contributed by atoms with van der Waals surface area (Å²) in [5.74, 6) is 3.48. The van der Waals surface area contributed by atoms with Gasteiger partial charge in [-0.2, -0.15) is 0 Å². The van der Waals surface area contributed by atoms with Gasteiger partial charge in [-0.05, 0) is 83.8 Å². The van der Waals surface area contributed by atoms with Crippen molar-refractivity contribution in [2.45, 2.75) is 12.8 Å². The van der Waals surface area contributed by atoms with Crippen LogP contribution in [-0.4, -0.2) is 14.5 Å². The van der Waals surface area contributed by atoms with E-state index in [4.69, 9.17) is 19.4 Å². The second-order valence-corrected chi connectivity index (χ2v) is 12.5. The largest absolute Gasteiger partial charge is 0.449 e. The molecule has 1 aliphatic carbocycles. The summed E-state index contributed by atoms with van der Waals surface area (Å²) in [4.78, 5) is 10.3. The van der Waals surface area contributed by atoms with E-state index in [1.54, 1.807) is 0 Å². The second-order valence-electron chi connectivity index (χ2n) is 12.5. The van der Waals surface area contributed by atoms with Gasteiger partial charge in [-0.25, -0.2) is 9.97 Å². The Morgan fingerprint density at radius 1 is 0.571 bits per heavy atom. The lowest BCUT2D eigenvalue weighted by Gasteiger charge is -2.22. The molecule has 1 aliphatic heterocycles. The monoisotopic (exact) mass is 631 g/mol. The van der Waals surface area contributed by atoms with Crippen molar-refractivity contribution in [3.8, 4) is 51.3 Å². The molecule has 232 valence electrons. The average molecular weight is 632 g/mol. The van der Waals surface area contributed by atoms with E-state index in [1.165, 1.54) is 16.3 Å². The lowest BCUT2D eigenvalue weighted by atomic mass is 10.00. The van der Waals surface area contributed by atoms with Crippen molar-refractivity contribution in [1.82, 2.24) is 14.5 Å². The summed E-state index contributed by atoms with van der Waals surface area (Å²) >= 11 is 0. The fourth-order valence-electron chi connectivity index (χ4n) is 7.13. The molecule has 0 saturated heterocycles. The Balaban J connectivity index is 1.22. The van der Waals surface area contributed by atoms with Gasteiger partial charge < -0.3 is 14.0 Å². The van der Waals surface area contributed by atoms with Crippen LogP contribution in [0.1, 0.15) is 18.5 Å². The van der Waals surface area contributed by atoms with Crippen LogP contribution in [-0.2, 0) is 0 Å². The first-order chi connectivity index (χ1) is 24.3. The second kappa shape index (κ2) is 11.1. The highest BCUT2D eigenvalue weighted by molar-refractivity contribution is 6.15. The van der Waals surface area contributed by atoms with Crippen LogP contribution in [0.5, 0.6) is 23.0 Å². The van der Waals surface area contributed by atoms with E-state index >= 15 is 0 Å². The maximum atomic E-state index is 6.66. The Labute approximate surface area is 283 Å². The van der Waals surface area contributed by atoms with E-state index in [0.29, 0.717) is 28.8 Å². The number of aromatic nitrogens is 3. The smallest absolute Gasteiger partial charge is 0.194 e. The highest BCUT2D eigenvalue weighted by Crippen LogP contribution is 2.51. The molecule has 0 radical (unpaired) electrons. The summed E-state index contributed by atoms with van der Waals surface area (Å²) in [7, 11) is 0. The van der Waals surface area contributed by atoms with Crippen LogP contribution in [0, 0.1) is 0 Å². The zero-order chi connectivity index (χ0) is 32.3. The van der Waals surface area contributed by atoms with Crippen molar-refractivity contribution in [2.75, 3.05) is 0 Å². The minimum absolute atomic E-state index is 0.689. The van der Waals surface area contributed by atoms with Gasteiger partial charge >= 0.3 is 0 Å². The number of hydrogen-bond acceptors (Lipinski definition) is 4. The van der Waals surface area contributed by atoms with Gasteiger partial charge in [0.2, 0.25) is 0 Å². The molecule has 0 spiro atoms. The van der Waals surface area contributed by atoms with Crippen molar-refractivity contribution in [1.29, 1.82) is 0 Å². The number of nitrogens with zero attached hydrogens (tertiary/aromatic N) is 3. The van der Waals surface area contributed by atoms with Crippen LogP contribution in [0.3, 0.4) is 0 Å². The molecule has 3 heterocycles. The van der Waals surface area contributed by atoms with Gasteiger partial charge in [-0.1, -0.05) is 97.1 Å². The van der Waals surface area contributed by atoms with Gasteiger partial charge in [-0.3, -0.25) is 0 Å². The highest BCUT2D eigenvalue weighted by atomic mass is 16.6. The third-order valence-electron chi connectivity index (χ3n) is 9.50. The molecule has 5 heteroatoms. The molecule has 0 atom stereocenters. The summed E-state index contributed by atoms with van der Waals surface area (Å²) in [5, 5.41) is 4.60. The van der Waals surface area contributed by atoms with Crippen LogP contribution in [0.2, 0.25) is 0 Å². The van der Waals surface area contributed by atoms with Crippen molar-refractivity contribution >= 4 is 38.2 Å². The normalized spacial score (nSPS) is 13.5. The Hall–Kier alpha value is -6.46. The lowest BCUT2D eigenvalue weighted by molar-refractivity contribution is 0.362. The average Bonchev–Trinajstić information content (AvgIpc) is 3.50. The molecule has 6 aromatic carbocycles. The van der Waals surface area contributed by atoms with Gasteiger partial charge in [0.15, 0.2) is 28.8 Å². The number of para-hydroxylation sites is 2. The van der Waals surface area contributed by atoms with Crippen molar-refractivity contribution in [3.63, 3.8) is 0 Å². The highest BCUT2D eigenvalue weighted by Gasteiger charge is 2.26. The lowest BCUT2D eigenvalue weighted by Crippen LogP contribution is -2.03. The quantitative estimate of drug-likeness (QED) is 0.194. The number of ether oxygens (including phenoxy) is 2. The Bertz CT molecular complexity index is 2670. The summed E-state index contributed by atoms with van der Waals surface area (Å²) in [6.07, 6.45) is 8.46. The summed E-state index contributed by atoms with van der Waals surface area (Å²) in [6.45, 7) is 0. The standard InChI is InChI=1S/C44H29N3O2/c1-3-12-28(13-4-1)36-27-37(29-14-5-2-6-15-29)46-44(45-36)32-18-11-19-33(24-32)47-38-26-31-17-8-7-16-30(31)25-35(38)34-22-23-41-43(42(34)47)49-40-21-10-9-20-39(40)48-41/h1-5,7-14,16-27H,6,15H2. The number of benzene rings is 6. The summed E-state index contributed by atoms with van der Waals surface area (Å²) in [5.41, 5.74) is 8.11. The molecule has 5 nitrogen and oxygen atoms in total. The van der Waals surface area contributed by atoms with E-state index in [-0.39, 0.29) is 0 Å². The fraction of sp³-hybridized carbons (Fsp3) is 0.0455. The van der Waals surface area contributed by atoms with Crippen molar-refractivity contribution in [2.24, 2.45) is 0 Å². The van der Waals surface area contributed by atoms with Gasteiger partial charge in [0.1, 0.15) is 5.52 Å². The number of rotatable bonds is 4. The van der Waals surface area contributed by atoms with E-state index in [1.807, 2.05) is 36.4 Å². The van der Waals surface area contributed by atoms with Gasteiger partial charge in [0, 0.05) is 27.6 Å². The van der Waals surface area contributed by atoms with Crippen LogP contribution < -0.4 is 9.47 Å². The molecule has 0 bridgehead atoms. The Morgan fingerprint density at radius 3 is 2.16 bits per heavy atom. The minimum atomic E-state index is 0.689. The van der Waals surface area contributed by atoms with Crippen molar-refractivity contribution < 1.29 is 9.47 Å². The Morgan fingerprint density at radius 2 is 1.33 bits per heavy atom. The topological polar surface area (TPSA) is 49.2 Å².